The minimum Gasteiger partial charge on any atom is -0.444 e. The summed E-state index contributed by atoms with van der Waals surface area (Å²) in [4.78, 5) is 14.0. The van der Waals surface area contributed by atoms with Gasteiger partial charge in [-0.2, -0.15) is 0 Å². The van der Waals surface area contributed by atoms with Crippen LogP contribution in [0.4, 0.5) is 4.79 Å². The summed E-state index contributed by atoms with van der Waals surface area (Å²) in [5, 5.41) is 0. The van der Waals surface area contributed by atoms with Gasteiger partial charge in [0.05, 0.1) is 12.2 Å². The zero-order chi connectivity index (χ0) is 17.8. The highest BCUT2D eigenvalue weighted by Gasteiger charge is 2.36. The van der Waals surface area contributed by atoms with Gasteiger partial charge in [-0.25, -0.2) is 4.79 Å². The summed E-state index contributed by atoms with van der Waals surface area (Å²) >= 11 is 2.31. The topological polar surface area (TPSA) is 38.8 Å². The summed E-state index contributed by atoms with van der Waals surface area (Å²) in [6.07, 6.45) is 2.45. The number of ether oxygens (including phenoxy) is 2. The molecule has 1 heterocycles. The fraction of sp³-hybridized carbons (Fsp3) is 0.632. The van der Waals surface area contributed by atoms with Crippen molar-refractivity contribution >= 4 is 28.7 Å². The molecule has 1 saturated heterocycles. The molecule has 0 aromatic heterocycles. The van der Waals surface area contributed by atoms with Crippen LogP contribution in [0.15, 0.2) is 24.3 Å². The van der Waals surface area contributed by atoms with Gasteiger partial charge in [0.15, 0.2) is 0 Å². The van der Waals surface area contributed by atoms with Crippen LogP contribution in [-0.2, 0) is 16.1 Å². The number of carbonyl (C=O) groups is 1. The average Bonchev–Trinajstić information content (AvgIpc) is 2.53. The molecule has 1 aliphatic rings. The van der Waals surface area contributed by atoms with Crippen LogP contribution in [0.25, 0.3) is 0 Å². The minimum absolute atomic E-state index is 0.137. The van der Waals surface area contributed by atoms with Crippen molar-refractivity contribution in [2.24, 2.45) is 0 Å². The number of hydrogen-bond acceptors (Lipinski definition) is 3. The Morgan fingerprint density at radius 2 is 1.79 bits per heavy atom. The third-order valence-corrected chi connectivity index (χ3v) is 5.15. The van der Waals surface area contributed by atoms with Crippen LogP contribution < -0.4 is 0 Å². The summed E-state index contributed by atoms with van der Waals surface area (Å²) in [5.41, 5.74) is 0.608. The Morgan fingerprint density at radius 1 is 1.21 bits per heavy atom. The molecule has 0 radical (unpaired) electrons. The van der Waals surface area contributed by atoms with Gasteiger partial charge in [0.1, 0.15) is 5.60 Å². The number of nitrogens with zero attached hydrogens (tertiary/aromatic N) is 1. The molecule has 134 valence electrons. The first-order valence-corrected chi connectivity index (χ1v) is 9.67. The molecular weight excluding hydrogens is 417 g/mol. The van der Waals surface area contributed by atoms with Crippen molar-refractivity contribution in [1.29, 1.82) is 0 Å². The molecule has 0 bridgehead atoms. The number of rotatable bonds is 4. The standard InChI is InChI=1S/C19H28INO3/c1-5-19(23-14-15-6-8-16(20)9-7-15)10-12-21(13-11-19)17(22)24-18(2,3)4/h6-9H,5,10-14H2,1-4H3. The molecule has 0 aliphatic carbocycles. The number of benzene rings is 1. The minimum atomic E-state index is -0.447. The average molecular weight is 445 g/mol. The van der Waals surface area contributed by atoms with Crippen LogP contribution in [-0.4, -0.2) is 35.3 Å². The fourth-order valence-corrected chi connectivity index (χ4v) is 3.20. The van der Waals surface area contributed by atoms with Gasteiger partial charge < -0.3 is 14.4 Å². The van der Waals surface area contributed by atoms with E-state index in [0.717, 1.165) is 19.3 Å². The number of halogens is 1. The maximum atomic E-state index is 12.2. The highest BCUT2D eigenvalue weighted by Crippen LogP contribution is 2.31. The monoisotopic (exact) mass is 445 g/mol. The van der Waals surface area contributed by atoms with E-state index in [2.05, 4.69) is 53.8 Å². The van der Waals surface area contributed by atoms with Crippen LogP contribution in [0.5, 0.6) is 0 Å². The van der Waals surface area contributed by atoms with Crippen LogP contribution in [0.2, 0.25) is 0 Å². The number of likely N-dealkylation sites (tertiary alicyclic amines) is 1. The Labute approximate surface area is 159 Å². The lowest BCUT2D eigenvalue weighted by molar-refractivity contribution is -0.0954. The van der Waals surface area contributed by atoms with Gasteiger partial charge in [-0.1, -0.05) is 19.1 Å². The summed E-state index contributed by atoms with van der Waals surface area (Å²) in [7, 11) is 0. The van der Waals surface area contributed by atoms with E-state index in [0.29, 0.717) is 19.7 Å². The molecule has 24 heavy (non-hydrogen) atoms. The lowest BCUT2D eigenvalue weighted by atomic mass is 9.88. The predicted molar refractivity (Wildman–Crippen MR) is 104 cm³/mol. The van der Waals surface area contributed by atoms with Crippen molar-refractivity contribution in [2.45, 2.75) is 64.8 Å². The molecule has 1 fully saturated rings. The van der Waals surface area contributed by atoms with E-state index in [9.17, 15) is 4.79 Å². The highest BCUT2D eigenvalue weighted by atomic mass is 127. The van der Waals surface area contributed by atoms with Crippen molar-refractivity contribution < 1.29 is 14.3 Å². The van der Waals surface area contributed by atoms with E-state index in [1.54, 1.807) is 4.90 Å². The van der Waals surface area contributed by atoms with Gasteiger partial charge in [0, 0.05) is 16.7 Å². The largest absolute Gasteiger partial charge is 0.444 e. The Hall–Kier alpha value is -0.820. The molecule has 0 unspecified atom stereocenters. The van der Waals surface area contributed by atoms with Gasteiger partial charge >= 0.3 is 6.09 Å². The quantitative estimate of drug-likeness (QED) is 0.614. The van der Waals surface area contributed by atoms with E-state index in [1.165, 1.54) is 9.13 Å². The Balaban J connectivity index is 1.89. The maximum Gasteiger partial charge on any atom is 0.410 e. The lowest BCUT2D eigenvalue weighted by Crippen LogP contribution is -2.49. The molecule has 4 nitrogen and oxygen atoms in total. The number of amides is 1. The summed E-state index contributed by atoms with van der Waals surface area (Å²) in [5.74, 6) is 0. The highest BCUT2D eigenvalue weighted by molar-refractivity contribution is 14.1. The Kier molecular flexibility index (Phi) is 6.53. The van der Waals surface area contributed by atoms with Crippen molar-refractivity contribution in [3.8, 4) is 0 Å². The molecule has 0 atom stereocenters. The van der Waals surface area contributed by atoms with Gasteiger partial charge in [-0.15, -0.1) is 0 Å². The van der Waals surface area contributed by atoms with E-state index < -0.39 is 5.60 Å². The molecule has 0 saturated carbocycles. The van der Waals surface area contributed by atoms with Gasteiger partial charge in [0.2, 0.25) is 0 Å². The van der Waals surface area contributed by atoms with Crippen LogP contribution in [0, 0.1) is 3.57 Å². The Morgan fingerprint density at radius 3 is 2.29 bits per heavy atom. The molecule has 2 rings (SSSR count). The molecule has 1 aromatic rings. The smallest absolute Gasteiger partial charge is 0.410 e. The van der Waals surface area contributed by atoms with E-state index in [-0.39, 0.29) is 11.7 Å². The molecule has 1 aliphatic heterocycles. The van der Waals surface area contributed by atoms with Gasteiger partial charge in [-0.3, -0.25) is 0 Å². The SMILES string of the molecule is CCC1(OCc2ccc(I)cc2)CCN(C(=O)OC(C)(C)C)CC1. The number of hydrogen-bond donors (Lipinski definition) is 0. The van der Waals surface area contributed by atoms with E-state index in [1.807, 2.05) is 20.8 Å². The van der Waals surface area contributed by atoms with Crippen molar-refractivity contribution in [1.82, 2.24) is 4.90 Å². The van der Waals surface area contributed by atoms with E-state index >= 15 is 0 Å². The first-order valence-electron chi connectivity index (χ1n) is 8.59. The van der Waals surface area contributed by atoms with Crippen molar-refractivity contribution in [2.75, 3.05) is 13.1 Å². The predicted octanol–water partition coefficient (Wildman–Crippen LogP) is 4.99. The van der Waals surface area contributed by atoms with Gasteiger partial charge in [0.25, 0.3) is 0 Å². The normalized spacial score (nSPS) is 17.6. The van der Waals surface area contributed by atoms with Crippen LogP contribution >= 0.6 is 22.6 Å². The molecule has 5 heteroatoms. The molecule has 1 amide bonds. The van der Waals surface area contributed by atoms with Gasteiger partial charge in [-0.05, 0) is 80.3 Å². The zero-order valence-corrected chi connectivity index (χ0v) is 17.3. The van der Waals surface area contributed by atoms with Crippen molar-refractivity contribution in [3.05, 3.63) is 33.4 Å². The van der Waals surface area contributed by atoms with Crippen LogP contribution in [0.1, 0.15) is 52.5 Å². The molecule has 1 aromatic carbocycles. The number of piperidine rings is 1. The zero-order valence-electron chi connectivity index (χ0n) is 15.1. The fourth-order valence-electron chi connectivity index (χ4n) is 2.84. The third-order valence-electron chi connectivity index (χ3n) is 4.43. The molecule has 0 N–H and O–H groups in total. The first kappa shape index (κ1) is 19.5. The van der Waals surface area contributed by atoms with E-state index in [4.69, 9.17) is 9.47 Å². The molecular formula is C19H28INO3. The van der Waals surface area contributed by atoms with Crippen molar-refractivity contribution in [3.63, 3.8) is 0 Å². The van der Waals surface area contributed by atoms with Crippen LogP contribution in [0.3, 0.4) is 0 Å². The second-order valence-electron chi connectivity index (χ2n) is 7.42. The second kappa shape index (κ2) is 8.04. The first-order chi connectivity index (χ1) is 11.2. The third kappa shape index (κ3) is 5.62. The second-order valence-corrected chi connectivity index (χ2v) is 8.66. The summed E-state index contributed by atoms with van der Waals surface area (Å²) in [6.45, 7) is 9.86. The lowest BCUT2D eigenvalue weighted by Gasteiger charge is -2.41. The Bertz CT molecular complexity index is 543. The summed E-state index contributed by atoms with van der Waals surface area (Å²) in [6, 6.07) is 8.42. The maximum absolute atomic E-state index is 12.2. The molecule has 0 spiro atoms. The summed E-state index contributed by atoms with van der Waals surface area (Å²) < 4.78 is 13.0. The number of carbonyl (C=O) groups excluding carboxylic acids is 1.